The Hall–Kier alpha value is -3.58. The first-order chi connectivity index (χ1) is 16.1. The lowest BCUT2D eigenvalue weighted by molar-refractivity contribution is 0.424. The standard InChI is InChI=1S/C27H31N5O2.H2/c1-17(2)32-16-21(11-12-25(32)33)23-15-28-18(3)26(30-23)24-13-22(31-34-24)20-9-7-19(8-10-20)14-29-27(4,5)6;/h7-13,15-17,29H,14H2,1-6H3;1H. The Morgan fingerprint density at radius 3 is 2.44 bits per heavy atom. The zero-order chi connectivity index (χ0) is 24.5. The van der Waals surface area contributed by atoms with Crippen molar-refractivity contribution in [2.75, 3.05) is 0 Å². The van der Waals surface area contributed by atoms with Gasteiger partial charge in [-0.3, -0.25) is 9.78 Å². The van der Waals surface area contributed by atoms with Gasteiger partial charge < -0.3 is 14.4 Å². The monoisotopic (exact) mass is 459 g/mol. The summed E-state index contributed by atoms with van der Waals surface area (Å²) in [5, 5.41) is 7.76. The van der Waals surface area contributed by atoms with Crippen LogP contribution in [0, 0.1) is 6.92 Å². The lowest BCUT2D eigenvalue weighted by atomic mass is 10.1. The Labute approximate surface area is 201 Å². The van der Waals surface area contributed by atoms with Gasteiger partial charge in [0.2, 0.25) is 0 Å². The third kappa shape index (κ3) is 5.31. The van der Waals surface area contributed by atoms with Gasteiger partial charge in [0.25, 0.3) is 5.56 Å². The molecule has 0 spiro atoms. The van der Waals surface area contributed by atoms with Crippen molar-refractivity contribution < 1.29 is 5.95 Å². The van der Waals surface area contributed by atoms with Crippen LogP contribution >= 0.6 is 0 Å². The van der Waals surface area contributed by atoms with Crippen molar-refractivity contribution in [2.45, 2.75) is 59.7 Å². The summed E-state index contributed by atoms with van der Waals surface area (Å²) in [4.78, 5) is 21.4. The van der Waals surface area contributed by atoms with Crippen LogP contribution in [0.3, 0.4) is 0 Å². The summed E-state index contributed by atoms with van der Waals surface area (Å²) < 4.78 is 7.34. The molecule has 1 aromatic carbocycles. The van der Waals surface area contributed by atoms with E-state index >= 15 is 0 Å². The molecule has 7 heteroatoms. The van der Waals surface area contributed by atoms with E-state index in [0.717, 1.165) is 29.1 Å². The molecule has 178 valence electrons. The van der Waals surface area contributed by atoms with Gasteiger partial charge in [-0.15, -0.1) is 0 Å². The number of hydrogen-bond acceptors (Lipinski definition) is 6. The molecule has 0 atom stereocenters. The van der Waals surface area contributed by atoms with Crippen molar-refractivity contribution >= 4 is 0 Å². The molecular formula is C27H33N5O2. The zero-order valence-corrected chi connectivity index (χ0v) is 20.6. The van der Waals surface area contributed by atoms with Gasteiger partial charge in [-0.05, 0) is 53.2 Å². The van der Waals surface area contributed by atoms with Gasteiger partial charge in [0, 0.05) is 49.0 Å². The Morgan fingerprint density at radius 2 is 1.76 bits per heavy atom. The van der Waals surface area contributed by atoms with E-state index in [1.807, 2.05) is 45.2 Å². The maximum Gasteiger partial charge on any atom is 0.250 e. The second-order valence-corrected chi connectivity index (χ2v) is 9.82. The molecule has 7 nitrogen and oxygen atoms in total. The number of nitrogens with zero attached hydrogens (tertiary/aromatic N) is 4. The number of aromatic nitrogens is 4. The van der Waals surface area contributed by atoms with E-state index in [1.165, 1.54) is 5.56 Å². The molecule has 0 fully saturated rings. The molecule has 0 saturated carbocycles. The van der Waals surface area contributed by atoms with Crippen molar-refractivity contribution in [3.63, 3.8) is 0 Å². The third-order valence-corrected chi connectivity index (χ3v) is 5.56. The molecule has 0 unspecified atom stereocenters. The van der Waals surface area contributed by atoms with Gasteiger partial charge >= 0.3 is 0 Å². The summed E-state index contributed by atoms with van der Waals surface area (Å²) in [6, 6.07) is 13.6. The van der Waals surface area contributed by atoms with Crippen molar-refractivity contribution in [3.05, 3.63) is 76.5 Å². The van der Waals surface area contributed by atoms with Crippen molar-refractivity contribution in [1.82, 2.24) is 25.0 Å². The highest BCUT2D eigenvalue weighted by atomic mass is 16.5. The average Bonchev–Trinajstić information content (AvgIpc) is 3.28. The number of aryl methyl sites for hydroxylation is 1. The number of benzene rings is 1. The van der Waals surface area contributed by atoms with Crippen LogP contribution in [0.1, 0.15) is 53.3 Å². The first-order valence-electron chi connectivity index (χ1n) is 11.5. The second kappa shape index (κ2) is 9.35. The number of pyridine rings is 1. The van der Waals surface area contributed by atoms with Crippen LogP contribution in [0.5, 0.6) is 0 Å². The van der Waals surface area contributed by atoms with E-state index in [2.05, 4.69) is 48.4 Å². The number of hydrogen-bond donors (Lipinski definition) is 1. The lowest BCUT2D eigenvalue weighted by Crippen LogP contribution is -2.35. The van der Waals surface area contributed by atoms with Gasteiger partial charge in [0.1, 0.15) is 11.4 Å². The highest BCUT2D eigenvalue weighted by Gasteiger charge is 2.16. The third-order valence-electron chi connectivity index (χ3n) is 5.56. The quantitative estimate of drug-likeness (QED) is 0.401. The van der Waals surface area contributed by atoms with E-state index in [4.69, 9.17) is 9.51 Å². The maximum absolute atomic E-state index is 12.1. The molecule has 34 heavy (non-hydrogen) atoms. The van der Waals surface area contributed by atoms with Crippen molar-refractivity contribution in [1.29, 1.82) is 0 Å². The van der Waals surface area contributed by atoms with Gasteiger partial charge in [0.05, 0.1) is 17.6 Å². The number of rotatable bonds is 6. The molecule has 4 rings (SSSR count). The van der Waals surface area contributed by atoms with E-state index in [1.54, 1.807) is 22.9 Å². The fourth-order valence-electron chi connectivity index (χ4n) is 3.56. The highest BCUT2D eigenvalue weighted by molar-refractivity contribution is 5.68. The van der Waals surface area contributed by atoms with Crippen LogP contribution in [-0.4, -0.2) is 25.2 Å². The highest BCUT2D eigenvalue weighted by Crippen LogP contribution is 2.28. The smallest absolute Gasteiger partial charge is 0.250 e. The predicted octanol–water partition coefficient (Wildman–Crippen LogP) is 5.65. The summed E-state index contributed by atoms with van der Waals surface area (Å²) in [5.41, 5.74) is 5.81. The summed E-state index contributed by atoms with van der Waals surface area (Å²) in [6.07, 6.45) is 3.53. The predicted molar refractivity (Wildman–Crippen MR) is 136 cm³/mol. The molecule has 0 radical (unpaired) electrons. The Morgan fingerprint density at radius 1 is 1.06 bits per heavy atom. The molecule has 0 aliphatic heterocycles. The molecule has 0 saturated heterocycles. The topological polar surface area (TPSA) is 85.8 Å². The fourth-order valence-corrected chi connectivity index (χ4v) is 3.56. The first-order valence-corrected chi connectivity index (χ1v) is 11.5. The van der Waals surface area contributed by atoms with Crippen LogP contribution in [0.2, 0.25) is 0 Å². The van der Waals surface area contributed by atoms with E-state index in [0.29, 0.717) is 17.1 Å². The Kier molecular flexibility index (Phi) is 6.48. The SMILES string of the molecule is Cc1ncc(-c2ccc(=O)n(C(C)C)c2)nc1-c1cc(-c2ccc(CNC(C)(C)C)cc2)no1.[HH]. The van der Waals surface area contributed by atoms with Crippen LogP contribution in [-0.2, 0) is 6.54 Å². The molecule has 3 aromatic heterocycles. The Bertz CT molecular complexity index is 1350. The minimum atomic E-state index is -0.0425. The summed E-state index contributed by atoms with van der Waals surface area (Å²) in [7, 11) is 0. The van der Waals surface area contributed by atoms with Gasteiger partial charge in [-0.2, -0.15) is 0 Å². The Balaban J connectivity index is 0.00000342. The van der Waals surface area contributed by atoms with Crippen LogP contribution < -0.4 is 10.9 Å². The van der Waals surface area contributed by atoms with Crippen LogP contribution in [0.4, 0.5) is 0 Å². The lowest BCUT2D eigenvalue weighted by Gasteiger charge is -2.20. The van der Waals surface area contributed by atoms with E-state index < -0.39 is 0 Å². The normalized spacial score (nSPS) is 11.9. The van der Waals surface area contributed by atoms with E-state index in [9.17, 15) is 4.79 Å². The van der Waals surface area contributed by atoms with Gasteiger partial charge in [-0.25, -0.2) is 4.98 Å². The minimum Gasteiger partial charge on any atom is -0.354 e. The molecule has 0 bridgehead atoms. The molecule has 3 heterocycles. The summed E-state index contributed by atoms with van der Waals surface area (Å²) in [5.74, 6) is 0.553. The van der Waals surface area contributed by atoms with E-state index in [-0.39, 0.29) is 18.6 Å². The van der Waals surface area contributed by atoms with Crippen molar-refractivity contribution in [2.24, 2.45) is 0 Å². The average molecular weight is 460 g/mol. The van der Waals surface area contributed by atoms with Crippen LogP contribution in [0.25, 0.3) is 34.0 Å². The van der Waals surface area contributed by atoms with Crippen LogP contribution in [0.15, 0.2) is 64.2 Å². The first kappa shape index (κ1) is 23.6. The molecule has 1 N–H and O–H groups in total. The largest absolute Gasteiger partial charge is 0.354 e. The fraction of sp³-hybridized carbons (Fsp3) is 0.333. The van der Waals surface area contributed by atoms with Gasteiger partial charge in [-0.1, -0.05) is 29.4 Å². The molecular weight excluding hydrogens is 426 g/mol. The minimum absolute atomic E-state index is 0. The molecule has 4 aromatic rings. The van der Waals surface area contributed by atoms with Crippen molar-refractivity contribution in [3.8, 4) is 34.0 Å². The maximum atomic E-state index is 12.1. The number of nitrogens with one attached hydrogen (secondary N) is 1. The summed E-state index contributed by atoms with van der Waals surface area (Å²) in [6.45, 7) is 13.1. The second-order valence-electron chi connectivity index (χ2n) is 9.82. The molecule has 0 amide bonds. The molecule has 0 aliphatic rings. The zero-order valence-electron chi connectivity index (χ0n) is 20.6. The molecule has 0 aliphatic carbocycles. The van der Waals surface area contributed by atoms with Gasteiger partial charge in [0.15, 0.2) is 5.76 Å². The summed E-state index contributed by atoms with van der Waals surface area (Å²) >= 11 is 0.